The van der Waals surface area contributed by atoms with Crippen LogP contribution >= 0.6 is 11.6 Å². The van der Waals surface area contributed by atoms with Gasteiger partial charge >= 0.3 is 0 Å². The van der Waals surface area contributed by atoms with Crippen LogP contribution in [-0.2, 0) is 4.74 Å². The summed E-state index contributed by atoms with van der Waals surface area (Å²) in [5, 5.41) is -1.51. The fourth-order valence-corrected chi connectivity index (χ4v) is 0.408. The van der Waals surface area contributed by atoms with Crippen molar-refractivity contribution >= 4 is 11.6 Å². The third-order valence-electron chi connectivity index (χ3n) is 0.604. The zero-order chi connectivity index (χ0) is 7.44. The first kappa shape index (κ1) is 8.62. The Balaban J connectivity index is 4.16. The number of allylic oxidation sites excluding steroid dienone is 1. The summed E-state index contributed by atoms with van der Waals surface area (Å²) in [6, 6.07) is 0. The summed E-state index contributed by atoms with van der Waals surface area (Å²) in [5.74, 6) is -1.13. The van der Waals surface area contributed by atoms with Crippen molar-refractivity contribution in [3.8, 4) is 0 Å². The first-order valence-corrected chi connectivity index (χ1v) is 2.34. The summed E-state index contributed by atoms with van der Waals surface area (Å²) < 4.78 is 38.4. The second kappa shape index (κ2) is 3.61. The molecule has 0 aromatic carbocycles. The number of ether oxygens (including phenoxy) is 1. The molecule has 0 bridgehead atoms. The van der Waals surface area contributed by atoms with Crippen molar-refractivity contribution in [1.29, 1.82) is 0 Å². The minimum atomic E-state index is -2.99. The van der Waals surface area contributed by atoms with E-state index in [-0.39, 0.29) is 0 Å². The summed E-state index contributed by atoms with van der Waals surface area (Å²) in [6.07, 6.45) is -2.99. The van der Waals surface area contributed by atoms with Crippen molar-refractivity contribution < 1.29 is 17.9 Å². The molecule has 0 heterocycles. The first-order chi connectivity index (χ1) is 4.09. The molecular formula is C4H4ClF3O. The molecule has 0 spiro atoms. The molecule has 0 unspecified atom stereocenters. The molecule has 0 saturated heterocycles. The molecule has 54 valence electrons. The molecule has 0 N–H and O–H groups in total. The van der Waals surface area contributed by atoms with Crippen LogP contribution in [0.15, 0.2) is 11.0 Å². The highest BCUT2D eigenvalue weighted by molar-refractivity contribution is 6.28. The van der Waals surface area contributed by atoms with Gasteiger partial charge in [0.05, 0.1) is 7.11 Å². The number of methoxy groups -OCH3 is 1. The van der Waals surface area contributed by atoms with E-state index in [0.29, 0.717) is 0 Å². The number of hydrogen-bond acceptors (Lipinski definition) is 1. The maximum atomic E-state index is 11.7. The third kappa shape index (κ3) is 2.60. The first-order valence-electron chi connectivity index (χ1n) is 1.97. The lowest BCUT2D eigenvalue weighted by atomic mass is 10.6. The van der Waals surface area contributed by atoms with Crippen LogP contribution in [0.4, 0.5) is 13.2 Å². The van der Waals surface area contributed by atoms with Crippen molar-refractivity contribution in [2.45, 2.75) is 6.43 Å². The second-order valence-electron chi connectivity index (χ2n) is 1.13. The van der Waals surface area contributed by atoms with Crippen molar-refractivity contribution in [3.63, 3.8) is 0 Å². The Morgan fingerprint density at radius 3 is 2.00 bits per heavy atom. The highest BCUT2D eigenvalue weighted by Crippen LogP contribution is 2.17. The van der Waals surface area contributed by atoms with Crippen LogP contribution < -0.4 is 0 Å². The van der Waals surface area contributed by atoms with Gasteiger partial charge in [0.1, 0.15) is 0 Å². The van der Waals surface area contributed by atoms with Gasteiger partial charge in [-0.25, -0.2) is 8.78 Å². The highest BCUT2D eigenvalue weighted by Gasteiger charge is 2.16. The molecule has 0 rings (SSSR count). The Labute approximate surface area is 55.1 Å². The Hall–Kier alpha value is -0.380. The maximum absolute atomic E-state index is 11.7. The van der Waals surface area contributed by atoms with Crippen LogP contribution in [0, 0.1) is 0 Å². The van der Waals surface area contributed by atoms with Gasteiger partial charge in [-0.05, 0) is 11.6 Å². The van der Waals surface area contributed by atoms with Gasteiger partial charge in [0.2, 0.25) is 11.0 Å². The third-order valence-corrected chi connectivity index (χ3v) is 0.791. The van der Waals surface area contributed by atoms with E-state index in [0.717, 1.165) is 7.11 Å². The van der Waals surface area contributed by atoms with Crippen molar-refractivity contribution in [1.82, 2.24) is 0 Å². The zero-order valence-electron chi connectivity index (χ0n) is 4.50. The molecular weight excluding hydrogens is 156 g/mol. The molecule has 0 amide bonds. The molecule has 0 aromatic heterocycles. The van der Waals surface area contributed by atoms with Crippen LogP contribution in [-0.4, -0.2) is 13.5 Å². The van der Waals surface area contributed by atoms with Crippen molar-refractivity contribution in [3.05, 3.63) is 11.0 Å². The maximum Gasteiger partial charge on any atom is 0.298 e. The molecule has 0 radical (unpaired) electrons. The van der Waals surface area contributed by atoms with Crippen molar-refractivity contribution in [2.24, 2.45) is 0 Å². The normalized spacial score (nSPS) is 13.6. The number of halogens is 4. The predicted octanol–water partition coefficient (Wildman–Crippen LogP) is 2.28. The van der Waals surface area contributed by atoms with Crippen LogP contribution in [0.5, 0.6) is 0 Å². The standard InChI is InChI=1S/C4H4ClF3O/c1-9-2(3(5)6)4(7)8/h4H,1H3/b3-2+. The molecule has 0 saturated carbocycles. The number of hydrogen-bond donors (Lipinski definition) is 0. The lowest BCUT2D eigenvalue weighted by Crippen LogP contribution is -1.99. The molecule has 0 atom stereocenters. The quantitative estimate of drug-likeness (QED) is 0.563. The van der Waals surface area contributed by atoms with Gasteiger partial charge in [-0.3, -0.25) is 0 Å². The van der Waals surface area contributed by atoms with E-state index in [2.05, 4.69) is 16.3 Å². The fourth-order valence-electron chi connectivity index (χ4n) is 0.249. The van der Waals surface area contributed by atoms with Crippen LogP contribution in [0.2, 0.25) is 0 Å². The molecule has 9 heavy (non-hydrogen) atoms. The Bertz CT molecular complexity index is 119. The monoisotopic (exact) mass is 160 g/mol. The summed E-state index contributed by atoms with van der Waals surface area (Å²) >= 11 is 4.55. The van der Waals surface area contributed by atoms with E-state index < -0.39 is 17.5 Å². The van der Waals surface area contributed by atoms with E-state index in [9.17, 15) is 13.2 Å². The van der Waals surface area contributed by atoms with E-state index in [1.54, 1.807) is 0 Å². The SMILES string of the molecule is CO/C(=C(/F)Cl)C(F)F. The van der Waals surface area contributed by atoms with Gasteiger partial charge in [-0.2, -0.15) is 4.39 Å². The van der Waals surface area contributed by atoms with Gasteiger partial charge in [0.15, 0.2) is 0 Å². The molecule has 0 aliphatic heterocycles. The van der Waals surface area contributed by atoms with E-state index in [4.69, 9.17) is 0 Å². The van der Waals surface area contributed by atoms with Gasteiger partial charge < -0.3 is 4.74 Å². The summed E-state index contributed by atoms with van der Waals surface area (Å²) in [4.78, 5) is 0. The van der Waals surface area contributed by atoms with Crippen LogP contribution in [0.1, 0.15) is 0 Å². The van der Waals surface area contributed by atoms with Crippen LogP contribution in [0.3, 0.4) is 0 Å². The fraction of sp³-hybridized carbons (Fsp3) is 0.500. The Kier molecular flexibility index (Phi) is 3.46. The average molecular weight is 161 g/mol. The molecule has 0 aliphatic carbocycles. The minimum absolute atomic E-state index is 0.920. The second-order valence-corrected chi connectivity index (χ2v) is 1.46. The lowest BCUT2D eigenvalue weighted by Gasteiger charge is -2.01. The van der Waals surface area contributed by atoms with Crippen LogP contribution in [0.25, 0.3) is 0 Å². The van der Waals surface area contributed by atoms with Gasteiger partial charge in [-0.15, -0.1) is 0 Å². The summed E-state index contributed by atoms with van der Waals surface area (Å²) in [6.45, 7) is 0. The van der Waals surface area contributed by atoms with Gasteiger partial charge in [0, 0.05) is 0 Å². The highest BCUT2D eigenvalue weighted by atomic mass is 35.5. The number of alkyl halides is 2. The molecule has 0 aromatic rings. The lowest BCUT2D eigenvalue weighted by molar-refractivity contribution is 0.101. The summed E-state index contributed by atoms with van der Waals surface area (Å²) in [5.41, 5.74) is 0. The number of rotatable bonds is 2. The van der Waals surface area contributed by atoms with E-state index in [1.807, 2.05) is 0 Å². The average Bonchev–Trinajstić information content (AvgIpc) is 1.64. The minimum Gasteiger partial charge on any atom is -0.492 e. The topological polar surface area (TPSA) is 9.23 Å². The van der Waals surface area contributed by atoms with Gasteiger partial charge in [0.25, 0.3) is 6.43 Å². The Morgan fingerprint density at radius 1 is 1.56 bits per heavy atom. The smallest absolute Gasteiger partial charge is 0.298 e. The molecule has 5 heteroatoms. The summed E-state index contributed by atoms with van der Waals surface area (Å²) in [7, 11) is 0.920. The molecule has 0 fully saturated rings. The largest absolute Gasteiger partial charge is 0.492 e. The van der Waals surface area contributed by atoms with Gasteiger partial charge in [-0.1, -0.05) is 0 Å². The van der Waals surface area contributed by atoms with Crippen molar-refractivity contribution in [2.75, 3.05) is 7.11 Å². The van der Waals surface area contributed by atoms with E-state index >= 15 is 0 Å². The predicted molar refractivity (Wildman–Crippen MR) is 27.0 cm³/mol. The molecule has 1 nitrogen and oxygen atoms in total. The Morgan fingerprint density at radius 2 is 2.00 bits per heavy atom. The van der Waals surface area contributed by atoms with E-state index in [1.165, 1.54) is 0 Å². The molecule has 0 aliphatic rings. The zero-order valence-corrected chi connectivity index (χ0v) is 5.25.